The van der Waals surface area contributed by atoms with E-state index in [1.807, 2.05) is 41.3 Å². The van der Waals surface area contributed by atoms with Crippen molar-refractivity contribution in [3.63, 3.8) is 0 Å². The van der Waals surface area contributed by atoms with Crippen LogP contribution in [0.5, 0.6) is 0 Å². The van der Waals surface area contributed by atoms with Gasteiger partial charge in [0.2, 0.25) is 0 Å². The molecule has 1 atom stereocenters. The molecule has 1 heterocycles. The molecule has 1 nitrogen and oxygen atoms in total. The number of hydrogen-bond donors (Lipinski definition) is 1. The number of hydrogen-bond acceptors (Lipinski definition) is 3. The van der Waals surface area contributed by atoms with Crippen LogP contribution in [0, 0.1) is 6.92 Å². The summed E-state index contributed by atoms with van der Waals surface area (Å²) in [4.78, 5) is 2.56. The van der Waals surface area contributed by atoms with Gasteiger partial charge < -0.3 is 5.32 Å². The average Bonchev–Trinajstić information content (AvgIpc) is 2.87. The zero-order valence-corrected chi connectivity index (χ0v) is 14.2. The highest BCUT2D eigenvalue weighted by atomic mass is 35.5. The Morgan fingerprint density at radius 1 is 1.30 bits per heavy atom. The fourth-order valence-electron chi connectivity index (χ4n) is 2.07. The standard InChI is InChI=1S/C16H20ClNS2/c1-3-9-18-15(13-8-10-19-12(13)2)11-20-16-7-5-4-6-14(16)17/h4-8,10,15,18H,3,9,11H2,1-2H3. The van der Waals surface area contributed by atoms with Gasteiger partial charge in [0.1, 0.15) is 0 Å². The van der Waals surface area contributed by atoms with E-state index in [9.17, 15) is 0 Å². The molecule has 108 valence electrons. The molecule has 0 spiro atoms. The summed E-state index contributed by atoms with van der Waals surface area (Å²) in [5, 5.41) is 6.66. The summed E-state index contributed by atoms with van der Waals surface area (Å²) in [6.07, 6.45) is 1.15. The smallest absolute Gasteiger partial charge is 0.0541 e. The lowest BCUT2D eigenvalue weighted by Crippen LogP contribution is -2.24. The molecular formula is C16H20ClNS2. The van der Waals surface area contributed by atoms with Crippen LogP contribution in [0.4, 0.5) is 0 Å². The van der Waals surface area contributed by atoms with Crippen LogP contribution in [-0.4, -0.2) is 12.3 Å². The summed E-state index contributed by atoms with van der Waals surface area (Å²) >= 11 is 9.87. The first-order valence-electron chi connectivity index (χ1n) is 6.87. The Morgan fingerprint density at radius 2 is 2.10 bits per heavy atom. The largest absolute Gasteiger partial charge is 0.309 e. The zero-order valence-electron chi connectivity index (χ0n) is 11.9. The van der Waals surface area contributed by atoms with E-state index < -0.39 is 0 Å². The van der Waals surface area contributed by atoms with Crippen LogP contribution >= 0.6 is 34.7 Å². The van der Waals surface area contributed by atoms with E-state index in [0.29, 0.717) is 6.04 Å². The van der Waals surface area contributed by atoms with Crippen molar-refractivity contribution in [2.45, 2.75) is 31.2 Å². The second-order valence-corrected chi connectivity index (χ2v) is 7.27. The first-order chi connectivity index (χ1) is 9.72. The number of thioether (sulfide) groups is 1. The maximum absolute atomic E-state index is 6.23. The molecule has 0 saturated heterocycles. The molecular weight excluding hydrogens is 306 g/mol. The molecule has 1 N–H and O–H groups in total. The highest BCUT2D eigenvalue weighted by Gasteiger charge is 2.15. The van der Waals surface area contributed by atoms with E-state index in [4.69, 9.17) is 11.6 Å². The molecule has 0 saturated carbocycles. The second kappa shape index (κ2) is 8.08. The predicted octanol–water partition coefficient (Wildman–Crippen LogP) is 5.54. The number of thiophene rings is 1. The minimum Gasteiger partial charge on any atom is -0.309 e. The normalized spacial score (nSPS) is 12.6. The third kappa shape index (κ3) is 4.26. The average molecular weight is 326 g/mol. The number of rotatable bonds is 7. The molecule has 0 aliphatic carbocycles. The lowest BCUT2D eigenvalue weighted by Gasteiger charge is -2.18. The van der Waals surface area contributed by atoms with E-state index in [0.717, 1.165) is 28.6 Å². The summed E-state index contributed by atoms with van der Waals surface area (Å²) in [6.45, 7) is 5.44. The lowest BCUT2D eigenvalue weighted by atomic mass is 10.1. The van der Waals surface area contributed by atoms with Gasteiger partial charge in [0.25, 0.3) is 0 Å². The minimum atomic E-state index is 0.391. The maximum Gasteiger partial charge on any atom is 0.0541 e. The van der Waals surface area contributed by atoms with Crippen LogP contribution in [0.2, 0.25) is 5.02 Å². The van der Waals surface area contributed by atoms with Crippen molar-refractivity contribution in [1.82, 2.24) is 5.32 Å². The van der Waals surface area contributed by atoms with Crippen LogP contribution in [-0.2, 0) is 0 Å². The molecule has 2 rings (SSSR count). The van der Waals surface area contributed by atoms with Gasteiger partial charge >= 0.3 is 0 Å². The Bertz CT molecular complexity index is 539. The van der Waals surface area contributed by atoms with Crippen molar-refractivity contribution in [3.05, 3.63) is 51.2 Å². The Morgan fingerprint density at radius 3 is 2.75 bits per heavy atom. The number of aryl methyl sites for hydroxylation is 1. The SMILES string of the molecule is CCCNC(CSc1ccccc1Cl)c1ccsc1C. The summed E-state index contributed by atoms with van der Waals surface area (Å²) in [6, 6.07) is 10.7. The topological polar surface area (TPSA) is 12.0 Å². The van der Waals surface area contributed by atoms with Gasteiger partial charge in [0.15, 0.2) is 0 Å². The van der Waals surface area contributed by atoms with Crippen LogP contribution in [0.1, 0.15) is 29.8 Å². The van der Waals surface area contributed by atoms with E-state index in [-0.39, 0.29) is 0 Å². The van der Waals surface area contributed by atoms with Crippen molar-refractivity contribution < 1.29 is 0 Å². The number of halogens is 1. The van der Waals surface area contributed by atoms with Crippen molar-refractivity contribution in [3.8, 4) is 0 Å². The highest BCUT2D eigenvalue weighted by molar-refractivity contribution is 7.99. The van der Waals surface area contributed by atoms with E-state index in [2.05, 4.69) is 36.7 Å². The molecule has 0 fully saturated rings. The maximum atomic E-state index is 6.23. The first kappa shape index (κ1) is 15.9. The van der Waals surface area contributed by atoms with Gasteiger partial charge in [-0.15, -0.1) is 23.1 Å². The molecule has 0 aliphatic heterocycles. The molecule has 1 unspecified atom stereocenters. The van der Waals surface area contributed by atoms with Crippen LogP contribution in [0.3, 0.4) is 0 Å². The fourth-order valence-corrected chi connectivity index (χ4v) is 4.16. The molecule has 0 bridgehead atoms. The van der Waals surface area contributed by atoms with Crippen LogP contribution < -0.4 is 5.32 Å². The summed E-state index contributed by atoms with van der Waals surface area (Å²) in [5.74, 6) is 1.00. The van der Waals surface area contributed by atoms with Crippen molar-refractivity contribution in [2.24, 2.45) is 0 Å². The Labute approximate surface area is 134 Å². The third-order valence-corrected chi connectivity index (χ3v) is 5.63. The molecule has 4 heteroatoms. The predicted molar refractivity (Wildman–Crippen MR) is 92.3 cm³/mol. The van der Waals surface area contributed by atoms with Gasteiger partial charge in [-0.25, -0.2) is 0 Å². The summed E-state index contributed by atoms with van der Waals surface area (Å²) < 4.78 is 0. The van der Waals surface area contributed by atoms with Crippen LogP contribution in [0.15, 0.2) is 40.6 Å². The Kier molecular flexibility index (Phi) is 6.43. The van der Waals surface area contributed by atoms with E-state index in [1.54, 1.807) is 0 Å². The fraction of sp³-hybridized carbons (Fsp3) is 0.375. The van der Waals surface area contributed by atoms with E-state index >= 15 is 0 Å². The molecule has 1 aromatic heterocycles. The van der Waals surface area contributed by atoms with Crippen molar-refractivity contribution >= 4 is 34.7 Å². The highest BCUT2D eigenvalue weighted by Crippen LogP contribution is 2.32. The number of benzene rings is 1. The third-order valence-electron chi connectivity index (χ3n) is 3.16. The van der Waals surface area contributed by atoms with Gasteiger partial charge in [-0.2, -0.15) is 0 Å². The quantitative estimate of drug-likeness (QED) is 0.670. The molecule has 1 aromatic carbocycles. The number of nitrogens with one attached hydrogen (secondary N) is 1. The van der Waals surface area contributed by atoms with Crippen LogP contribution in [0.25, 0.3) is 0 Å². The van der Waals surface area contributed by atoms with Gasteiger partial charge in [0, 0.05) is 21.6 Å². The molecule has 20 heavy (non-hydrogen) atoms. The van der Waals surface area contributed by atoms with Gasteiger partial charge in [-0.05, 0) is 49.0 Å². The van der Waals surface area contributed by atoms with E-state index in [1.165, 1.54) is 10.4 Å². The monoisotopic (exact) mass is 325 g/mol. The van der Waals surface area contributed by atoms with Crippen molar-refractivity contribution in [2.75, 3.05) is 12.3 Å². The van der Waals surface area contributed by atoms with Gasteiger partial charge in [-0.3, -0.25) is 0 Å². The zero-order chi connectivity index (χ0) is 14.4. The van der Waals surface area contributed by atoms with Gasteiger partial charge in [-0.1, -0.05) is 30.7 Å². The van der Waals surface area contributed by atoms with Crippen molar-refractivity contribution in [1.29, 1.82) is 0 Å². The molecule has 0 radical (unpaired) electrons. The lowest BCUT2D eigenvalue weighted by molar-refractivity contribution is 0.577. The molecule has 0 amide bonds. The first-order valence-corrected chi connectivity index (χ1v) is 9.11. The molecule has 0 aliphatic rings. The summed E-state index contributed by atoms with van der Waals surface area (Å²) in [7, 11) is 0. The second-order valence-electron chi connectivity index (χ2n) is 4.68. The minimum absolute atomic E-state index is 0.391. The Hall–Kier alpha value is -0.480. The Balaban J connectivity index is 2.05. The molecule has 2 aromatic rings. The summed E-state index contributed by atoms with van der Waals surface area (Å²) in [5.41, 5.74) is 1.42. The van der Waals surface area contributed by atoms with Gasteiger partial charge in [0.05, 0.1) is 5.02 Å².